The average molecular weight is 573 g/mol. The van der Waals surface area contributed by atoms with E-state index >= 15 is 0 Å². The van der Waals surface area contributed by atoms with Crippen molar-refractivity contribution in [1.29, 1.82) is 0 Å². The van der Waals surface area contributed by atoms with E-state index in [1.54, 1.807) is 26.0 Å². The number of rotatable bonds is 2. The molecule has 0 bridgehead atoms. The SMILES string of the molecule is CC(=O)OC1OC(C)(C)C(O)C(=O)CC1C1C(O)C=C2C1(C)CC(O)C1C2(C)C(=O)CC2C(C)(C)C(=O)C=CC21C. The van der Waals surface area contributed by atoms with Gasteiger partial charge in [-0.2, -0.15) is 0 Å². The smallest absolute Gasteiger partial charge is 0.304 e. The molecule has 11 atom stereocenters. The minimum atomic E-state index is -1.47. The van der Waals surface area contributed by atoms with Crippen molar-refractivity contribution in [3.8, 4) is 0 Å². The predicted octanol–water partition coefficient (Wildman–Crippen LogP) is 2.69. The van der Waals surface area contributed by atoms with Crippen LogP contribution >= 0.6 is 0 Å². The summed E-state index contributed by atoms with van der Waals surface area (Å²) in [6, 6.07) is 0. The van der Waals surface area contributed by atoms with Crippen molar-refractivity contribution in [1.82, 2.24) is 0 Å². The van der Waals surface area contributed by atoms with Crippen LogP contribution in [0.5, 0.6) is 0 Å². The largest absolute Gasteiger partial charge is 0.436 e. The molecule has 2 saturated carbocycles. The number of aliphatic hydroxyl groups excluding tert-OH is 3. The van der Waals surface area contributed by atoms with E-state index in [1.807, 2.05) is 40.7 Å². The molecule has 1 aliphatic heterocycles. The van der Waals surface area contributed by atoms with E-state index in [0.29, 0.717) is 5.57 Å². The van der Waals surface area contributed by atoms with Crippen LogP contribution in [0.15, 0.2) is 23.8 Å². The average Bonchev–Trinajstić information content (AvgIpc) is 3.07. The Morgan fingerprint density at radius 1 is 1.00 bits per heavy atom. The van der Waals surface area contributed by atoms with Gasteiger partial charge in [-0.25, -0.2) is 0 Å². The topological polar surface area (TPSA) is 147 Å². The van der Waals surface area contributed by atoms with Crippen molar-refractivity contribution in [3.05, 3.63) is 23.8 Å². The van der Waals surface area contributed by atoms with Crippen molar-refractivity contribution >= 4 is 23.3 Å². The van der Waals surface area contributed by atoms with Gasteiger partial charge in [0, 0.05) is 42.9 Å². The first kappa shape index (κ1) is 30.3. The Kier molecular flexibility index (Phi) is 6.75. The normalized spacial score (nSPS) is 48.5. The minimum absolute atomic E-state index is 0.0401. The third-order valence-corrected chi connectivity index (χ3v) is 11.7. The first-order chi connectivity index (χ1) is 18.7. The summed E-state index contributed by atoms with van der Waals surface area (Å²) in [5, 5.41) is 34.4. The molecule has 3 fully saturated rings. The lowest BCUT2D eigenvalue weighted by Gasteiger charge is -2.65. The molecule has 0 radical (unpaired) electrons. The van der Waals surface area contributed by atoms with Gasteiger partial charge in [-0.05, 0) is 50.0 Å². The maximum absolute atomic E-state index is 14.3. The molecule has 226 valence electrons. The van der Waals surface area contributed by atoms with Gasteiger partial charge in [0.1, 0.15) is 11.9 Å². The molecule has 0 aromatic rings. The zero-order chi connectivity index (χ0) is 30.7. The lowest BCUT2D eigenvalue weighted by atomic mass is 9.38. The van der Waals surface area contributed by atoms with E-state index in [4.69, 9.17) is 9.47 Å². The number of allylic oxidation sites excluding steroid dienone is 3. The molecule has 41 heavy (non-hydrogen) atoms. The van der Waals surface area contributed by atoms with Crippen LogP contribution in [0.4, 0.5) is 0 Å². The quantitative estimate of drug-likeness (QED) is 0.336. The van der Waals surface area contributed by atoms with E-state index < -0.39 is 81.4 Å². The Bertz CT molecular complexity index is 1260. The van der Waals surface area contributed by atoms with E-state index in [0.717, 1.165) is 0 Å². The second-order valence-electron chi connectivity index (χ2n) is 14.9. The van der Waals surface area contributed by atoms with Gasteiger partial charge in [0.05, 0.1) is 23.2 Å². The van der Waals surface area contributed by atoms with Gasteiger partial charge >= 0.3 is 5.97 Å². The second-order valence-corrected chi connectivity index (χ2v) is 14.9. The van der Waals surface area contributed by atoms with Gasteiger partial charge in [-0.3, -0.25) is 19.2 Å². The van der Waals surface area contributed by atoms with Crippen LogP contribution in [0, 0.1) is 45.3 Å². The summed E-state index contributed by atoms with van der Waals surface area (Å²) < 4.78 is 11.6. The molecule has 5 aliphatic rings. The molecular weight excluding hydrogens is 528 g/mol. The summed E-state index contributed by atoms with van der Waals surface area (Å²) in [6.07, 6.45) is 0.437. The summed E-state index contributed by atoms with van der Waals surface area (Å²) in [5.41, 5.74) is -4.21. The van der Waals surface area contributed by atoms with Gasteiger partial charge in [-0.1, -0.05) is 45.4 Å². The van der Waals surface area contributed by atoms with Gasteiger partial charge in [-0.15, -0.1) is 0 Å². The van der Waals surface area contributed by atoms with E-state index in [2.05, 4.69) is 0 Å². The lowest BCUT2D eigenvalue weighted by Crippen LogP contribution is -2.66. The lowest BCUT2D eigenvalue weighted by molar-refractivity contribution is -0.242. The van der Waals surface area contributed by atoms with Gasteiger partial charge in [0.2, 0.25) is 6.29 Å². The number of hydrogen-bond donors (Lipinski definition) is 3. The number of Topliss-reactive ketones (excluding diaryl/α,β-unsaturated/α-hetero) is 2. The summed E-state index contributed by atoms with van der Waals surface area (Å²) in [5.74, 6) is -3.72. The maximum Gasteiger partial charge on any atom is 0.304 e. The first-order valence-corrected chi connectivity index (χ1v) is 14.6. The number of carbonyl (C=O) groups excluding carboxylic acids is 4. The van der Waals surface area contributed by atoms with E-state index in [9.17, 15) is 34.5 Å². The van der Waals surface area contributed by atoms with E-state index in [-0.39, 0.29) is 36.7 Å². The number of aliphatic hydroxyl groups is 3. The third kappa shape index (κ3) is 4.02. The van der Waals surface area contributed by atoms with Crippen molar-refractivity contribution in [2.24, 2.45) is 45.3 Å². The molecule has 0 amide bonds. The highest BCUT2D eigenvalue weighted by molar-refractivity contribution is 5.98. The maximum atomic E-state index is 14.3. The summed E-state index contributed by atoms with van der Waals surface area (Å²) in [6.45, 7) is 13.8. The van der Waals surface area contributed by atoms with Crippen molar-refractivity contribution in [3.63, 3.8) is 0 Å². The number of ketones is 3. The monoisotopic (exact) mass is 572 g/mol. The number of fused-ring (bicyclic) bond motifs is 5. The van der Waals surface area contributed by atoms with Gasteiger partial charge in [0.15, 0.2) is 11.6 Å². The molecule has 5 rings (SSSR count). The molecule has 11 unspecified atom stereocenters. The fraction of sp³-hybridized carbons (Fsp3) is 0.750. The van der Waals surface area contributed by atoms with Crippen LogP contribution in [0.25, 0.3) is 0 Å². The molecule has 9 heteroatoms. The highest BCUT2D eigenvalue weighted by Gasteiger charge is 2.71. The molecule has 0 aromatic carbocycles. The van der Waals surface area contributed by atoms with Crippen LogP contribution in [-0.4, -0.2) is 68.8 Å². The minimum Gasteiger partial charge on any atom is -0.436 e. The van der Waals surface area contributed by atoms with Crippen LogP contribution in [-0.2, 0) is 28.7 Å². The second kappa shape index (κ2) is 9.15. The fourth-order valence-electron chi connectivity index (χ4n) is 9.80. The molecule has 0 aromatic heterocycles. The highest BCUT2D eigenvalue weighted by atomic mass is 16.7. The van der Waals surface area contributed by atoms with E-state index in [1.165, 1.54) is 6.92 Å². The predicted molar refractivity (Wildman–Crippen MR) is 147 cm³/mol. The van der Waals surface area contributed by atoms with Crippen LogP contribution in [0.2, 0.25) is 0 Å². The number of esters is 1. The zero-order valence-electron chi connectivity index (χ0n) is 25.3. The molecule has 4 aliphatic carbocycles. The standard InChI is InChI=1S/C32H44O9/c1-15(33)40-27-16(11-18(35)26(39)29(4,5)41-27)24-17(34)12-21-31(24,7)14-19(36)25-30(6)10-9-22(37)28(2,3)20(30)13-23(38)32(21,25)8/h9-10,12,16-17,19-20,24-27,34,36,39H,11,13-14H2,1-8H3. The van der Waals surface area contributed by atoms with Crippen molar-refractivity contribution in [2.75, 3.05) is 0 Å². The fourth-order valence-corrected chi connectivity index (χ4v) is 9.80. The number of carbonyl (C=O) groups is 4. The third-order valence-electron chi connectivity index (χ3n) is 11.7. The number of hydrogen-bond acceptors (Lipinski definition) is 9. The summed E-state index contributed by atoms with van der Waals surface area (Å²) in [4.78, 5) is 52.5. The Labute approximate surface area is 241 Å². The van der Waals surface area contributed by atoms with Gasteiger partial charge < -0.3 is 24.8 Å². The first-order valence-electron chi connectivity index (χ1n) is 14.6. The Hall–Kier alpha value is -2.20. The molecule has 0 spiro atoms. The Morgan fingerprint density at radius 3 is 2.24 bits per heavy atom. The van der Waals surface area contributed by atoms with Crippen LogP contribution in [0.1, 0.15) is 74.7 Å². The van der Waals surface area contributed by atoms with Gasteiger partial charge in [0.25, 0.3) is 0 Å². The van der Waals surface area contributed by atoms with Crippen LogP contribution < -0.4 is 0 Å². The Morgan fingerprint density at radius 2 is 1.63 bits per heavy atom. The molecule has 9 nitrogen and oxygen atoms in total. The molecule has 1 heterocycles. The zero-order valence-corrected chi connectivity index (χ0v) is 25.3. The summed E-state index contributed by atoms with van der Waals surface area (Å²) >= 11 is 0. The molecular formula is C32H44O9. The summed E-state index contributed by atoms with van der Waals surface area (Å²) in [7, 11) is 0. The van der Waals surface area contributed by atoms with Crippen molar-refractivity contribution in [2.45, 2.75) is 105 Å². The van der Waals surface area contributed by atoms with Crippen molar-refractivity contribution < 1.29 is 44.0 Å². The number of ether oxygens (including phenoxy) is 2. The Balaban J connectivity index is 1.62. The molecule has 1 saturated heterocycles. The molecule has 3 N–H and O–H groups in total. The highest BCUT2D eigenvalue weighted by Crippen LogP contribution is 2.71. The van der Waals surface area contributed by atoms with Crippen LogP contribution in [0.3, 0.4) is 0 Å².